The van der Waals surface area contributed by atoms with Gasteiger partial charge in [-0.3, -0.25) is 0 Å². The van der Waals surface area contributed by atoms with Crippen LogP contribution in [0.3, 0.4) is 0 Å². The quantitative estimate of drug-likeness (QED) is 0.552. The van der Waals surface area contributed by atoms with Gasteiger partial charge in [0.05, 0.1) is 18.5 Å². The molecule has 0 radical (unpaired) electrons. The normalized spacial score (nSPS) is 16.0. The van der Waals surface area contributed by atoms with Crippen molar-refractivity contribution >= 4 is 0 Å². The van der Waals surface area contributed by atoms with Crippen LogP contribution < -0.4 is 0 Å². The Labute approximate surface area is 109 Å². The van der Waals surface area contributed by atoms with Crippen molar-refractivity contribution < 1.29 is 20.4 Å². The fourth-order valence-corrected chi connectivity index (χ4v) is 1.59. The number of rotatable bonds is 5. The smallest absolute Gasteiger partial charge is 0.128 e. The van der Waals surface area contributed by atoms with Crippen LogP contribution >= 0.6 is 0 Å². The zero-order valence-electron chi connectivity index (χ0n) is 10.0. The molecule has 0 aliphatic heterocycles. The van der Waals surface area contributed by atoms with Gasteiger partial charge in [-0.05, 0) is 12.1 Å². The summed E-state index contributed by atoms with van der Waals surface area (Å²) in [5.41, 5.74) is 0.821. The molecule has 0 unspecified atom stereocenters. The number of para-hydroxylation sites is 1. The van der Waals surface area contributed by atoms with Crippen LogP contribution in [0, 0.1) is 0 Å². The average Bonchev–Trinajstić information content (AvgIpc) is 2.95. The summed E-state index contributed by atoms with van der Waals surface area (Å²) in [4.78, 5) is 1.30. The van der Waals surface area contributed by atoms with Crippen LogP contribution in [0.5, 0.6) is 0 Å². The van der Waals surface area contributed by atoms with E-state index in [1.807, 2.05) is 18.2 Å². The number of aromatic nitrogens is 3. The molecule has 0 fully saturated rings. The van der Waals surface area contributed by atoms with Crippen molar-refractivity contribution in [1.82, 2.24) is 15.0 Å². The molecule has 3 atom stereocenters. The van der Waals surface area contributed by atoms with Gasteiger partial charge in [0.25, 0.3) is 0 Å². The van der Waals surface area contributed by atoms with E-state index in [-0.39, 0.29) is 5.69 Å². The summed E-state index contributed by atoms with van der Waals surface area (Å²) in [6, 6.07) is 9.06. The minimum Gasteiger partial charge on any atom is -0.394 e. The molecule has 0 bridgehead atoms. The molecule has 0 saturated heterocycles. The number of benzene rings is 1. The second-order valence-corrected chi connectivity index (χ2v) is 4.08. The Bertz CT molecular complexity index is 517. The number of aliphatic hydroxyl groups is 4. The Morgan fingerprint density at radius 2 is 1.79 bits per heavy atom. The molecule has 2 rings (SSSR count). The SMILES string of the molecule is OC[C@H](O)[C@@H](O)[C@@H](O)c1cnn(-c2ccccc2)n1. The molecule has 1 aromatic carbocycles. The first-order valence-corrected chi connectivity index (χ1v) is 5.76. The maximum Gasteiger partial charge on any atom is 0.128 e. The Kier molecular flexibility index (Phi) is 4.23. The number of hydrogen-bond acceptors (Lipinski definition) is 6. The third-order valence-electron chi connectivity index (χ3n) is 2.70. The van der Waals surface area contributed by atoms with Crippen molar-refractivity contribution in [1.29, 1.82) is 0 Å². The topological polar surface area (TPSA) is 112 Å². The Morgan fingerprint density at radius 1 is 1.11 bits per heavy atom. The van der Waals surface area contributed by atoms with Crippen LogP contribution in [0.15, 0.2) is 36.5 Å². The van der Waals surface area contributed by atoms with E-state index in [0.717, 1.165) is 0 Å². The lowest BCUT2D eigenvalue weighted by atomic mass is 10.1. The van der Waals surface area contributed by atoms with Gasteiger partial charge < -0.3 is 20.4 Å². The fraction of sp³-hybridized carbons (Fsp3) is 0.333. The lowest BCUT2D eigenvalue weighted by Gasteiger charge is -2.19. The molecule has 1 heterocycles. The van der Waals surface area contributed by atoms with Gasteiger partial charge in [-0.15, -0.1) is 0 Å². The highest BCUT2D eigenvalue weighted by Gasteiger charge is 2.27. The van der Waals surface area contributed by atoms with Crippen molar-refractivity contribution in [2.45, 2.75) is 18.3 Å². The molecule has 0 amide bonds. The molecular formula is C12H15N3O4. The van der Waals surface area contributed by atoms with Gasteiger partial charge in [0, 0.05) is 0 Å². The summed E-state index contributed by atoms with van der Waals surface area (Å²) in [7, 11) is 0. The number of nitrogens with zero attached hydrogens (tertiary/aromatic N) is 3. The zero-order valence-corrected chi connectivity index (χ0v) is 10.0. The van der Waals surface area contributed by atoms with Crippen LogP contribution in [0.1, 0.15) is 11.8 Å². The van der Waals surface area contributed by atoms with Gasteiger partial charge >= 0.3 is 0 Å². The van der Waals surface area contributed by atoms with Crippen molar-refractivity contribution in [2.75, 3.05) is 6.61 Å². The Hall–Kier alpha value is -1.80. The van der Waals surface area contributed by atoms with Crippen molar-refractivity contribution in [3.63, 3.8) is 0 Å². The summed E-state index contributed by atoms with van der Waals surface area (Å²) in [5.74, 6) is 0. The van der Waals surface area contributed by atoms with Crippen LogP contribution in [0.25, 0.3) is 5.69 Å². The highest BCUT2D eigenvalue weighted by atomic mass is 16.4. The summed E-state index contributed by atoms with van der Waals surface area (Å²) >= 11 is 0. The first-order chi connectivity index (χ1) is 9.13. The van der Waals surface area contributed by atoms with Crippen molar-refractivity contribution in [3.05, 3.63) is 42.2 Å². The molecule has 7 heteroatoms. The highest BCUT2D eigenvalue weighted by molar-refractivity contribution is 5.28. The molecule has 0 saturated carbocycles. The molecule has 19 heavy (non-hydrogen) atoms. The third kappa shape index (κ3) is 2.96. The molecule has 102 valence electrons. The molecule has 2 aromatic rings. The van der Waals surface area contributed by atoms with Crippen molar-refractivity contribution in [3.8, 4) is 5.69 Å². The van der Waals surface area contributed by atoms with Crippen LogP contribution in [0.4, 0.5) is 0 Å². The van der Waals surface area contributed by atoms with E-state index in [2.05, 4.69) is 10.2 Å². The number of aliphatic hydroxyl groups excluding tert-OH is 4. The maximum atomic E-state index is 9.81. The molecule has 0 aliphatic rings. The standard InChI is InChI=1S/C12H15N3O4/c16-7-10(17)12(19)11(18)9-6-13-15(14-9)8-4-2-1-3-5-8/h1-6,10-12,16-19H,7H2/t10-,11-,12+/m0/s1. The van der Waals surface area contributed by atoms with Crippen LogP contribution in [0.2, 0.25) is 0 Å². The monoisotopic (exact) mass is 265 g/mol. The van der Waals surface area contributed by atoms with Crippen LogP contribution in [-0.4, -0.2) is 54.2 Å². The lowest BCUT2D eigenvalue weighted by Crippen LogP contribution is -2.34. The van der Waals surface area contributed by atoms with Gasteiger partial charge in [0.15, 0.2) is 0 Å². The second kappa shape index (κ2) is 5.89. The van der Waals surface area contributed by atoms with E-state index in [0.29, 0.717) is 5.69 Å². The summed E-state index contributed by atoms with van der Waals surface area (Å²) in [6.07, 6.45) is -3.08. The second-order valence-electron chi connectivity index (χ2n) is 4.08. The Morgan fingerprint density at radius 3 is 2.42 bits per heavy atom. The average molecular weight is 265 g/mol. The third-order valence-corrected chi connectivity index (χ3v) is 2.70. The van der Waals surface area contributed by atoms with E-state index < -0.39 is 24.9 Å². The minimum atomic E-state index is -1.52. The molecular weight excluding hydrogens is 250 g/mol. The van der Waals surface area contributed by atoms with Gasteiger partial charge in [0.2, 0.25) is 0 Å². The summed E-state index contributed by atoms with van der Waals surface area (Å²) in [5, 5.41) is 45.4. The Balaban J connectivity index is 2.17. The zero-order chi connectivity index (χ0) is 13.8. The van der Waals surface area contributed by atoms with E-state index in [9.17, 15) is 15.3 Å². The van der Waals surface area contributed by atoms with Gasteiger partial charge in [0.1, 0.15) is 24.0 Å². The fourth-order valence-electron chi connectivity index (χ4n) is 1.59. The molecule has 1 aromatic heterocycles. The predicted octanol–water partition coefficient (Wildman–Crippen LogP) is -0.985. The number of hydrogen-bond donors (Lipinski definition) is 4. The molecule has 0 spiro atoms. The maximum absolute atomic E-state index is 9.81. The minimum absolute atomic E-state index is 0.115. The predicted molar refractivity (Wildman–Crippen MR) is 65.4 cm³/mol. The van der Waals surface area contributed by atoms with E-state index in [1.165, 1.54) is 11.0 Å². The largest absolute Gasteiger partial charge is 0.394 e. The van der Waals surface area contributed by atoms with E-state index in [1.54, 1.807) is 12.1 Å². The van der Waals surface area contributed by atoms with Crippen molar-refractivity contribution in [2.24, 2.45) is 0 Å². The molecule has 0 aliphatic carbocycles. The van der Waals surface area contributed by atoms with Gasteiger partial charge in [-0.25, -0.2) is 0 Å². The first kappa shape index (κ1) is 13.6. The highest BCUT2D eigenvalue weighted by Crippen LogP contribution is 2.17. The van der Waals surface area contributed by atoms with Gasteiger partial charge in [-0.2, -0.15) is 15.0 Å². The van der Waals surface area contributed by atoms with E-state index in [4.69, 9.17) is 5.11 Å². The summed E-state index contributed by atoms with van der Waals surface area (Å²) < 4.78 is 0. The van der Waals surface area contributed by atoms with E-state index >= 15 is 0 Å². The molecule has 4 N–H and O–H groups in total. The van der Waals surface area contributed by atoms with Crippen LogP contribution in [-0.2, 0) is 0 Å². The van der Waals surface area contributed by atoms with Gasteiger partial charge in [-0.1, -0.05) is 18.2 Å². The molecule has 7 nitrogen and oxygen atoms in total. The lowest BCUT2D eigenvalue weighted by molar-refractivity contribution is -0.0790. The first-order valence-electron chi connectivity index (χ1n) is 5.76. The summed E-state index contributed by atoms with van der Waals surface area (Å²) in [6.45, 7) is -0.648.